The average molecular weight is 541 g/mol. The molecule has 0 unspecified atom stereocenters. The number of anilines is 1. The first-order chi connectivity index (χ1) is 19.5. The summed E-state index contributed by atoms with van der Waals surface area (Å²) in [4.78, 5) is 28.2. The average Bonchev–Trinajstić information content (AvgIpc) is 3.31. The summed E-state index contributed by atoms with van der Waals surface area (Å²) >= 11 is 0. The van der Waals surface area contributed by atoms with Gasteiger partial charge in [0, 0.05) is 49.3 Å². The van der Waals surface area contributed by atoms with Crippen molar-refractivity contribution in [2.24, 2.45) is 0 Å². The SMILES string of the molecule is Cc1cccc(Cn2c(C(=O)NCCN3CCOCC3)cc3cc(NC(=O)COCc4ccccc4)ccc32)c1. The number of rotatable bonds is 11. The van der Waals surface area contributed by atoms with Crippen LogP contribution in [0.3, 0.4) is 0 Å². The highest BCUT2D eigenvalue weighted by Gasteiger charge is 2.18. The summed E-state index contributed by atoms with van der Waals surface area (Å²) in [6.45, 7) is 7.55. The standard InChI is InChI=1S/C32H36N4O4/c1-24-6-5-9-26(18-24)21-36-29-11-10-28(34-31(37)23-40-22-25-7-3-2-4-8-25)19-27(29)20-30(36)32(38)33-12-13-35-14-16-39-17-15-35/h2-11,18-20H,12-17,21-23H2,1H3,(H,33,38)(H,34,37). The summed E-state index contributed by atoms with van der Waals surface area (Å²) in [7, 11) is 0. The van der Waals surface area contributed by atoms with Gasteiger partial charge in [0.15, 0.2) is 0 Å². The Balaban J connectivity index is 1.29. The zero-order chi connectivity index (χ0) is 27.7. The van der Waals surface area contributed by atoms with Crippen LogP contribution in [0.4, 0.5) is 5.69 Å². The molecule has 8 heteroatoms. The maximum absolute atomic E-state index is 13.4. The van der Waals surface area contributed by atoms with Gasteiger partial charge in [-0.25, -0.2) is 0 Å². The molecule has 0 saturated carbocycles. The Morgan fingerprint density at radius 1 is 0.925 bits per heavy atom. The van der Waals surface area contributed by atoms with Crippen LogP contribution in [0.1, 0.15) is 27.2 Å². The molecule has 1 aromatic heterocycles. The van der Waals surface area contributed by atoms with E-state index in [1.807, 2.05) is 65.2 Å². The lowest BCUT2D eigenvalue weighted by Gasteiger charge is -2.26. The molecule has 40 heavy (non-hydrogen) atoms. The van der Waals surface area contributed by atoms with Crippen LogP contribution < -0.4 is 10.6 Å². The van der Waals surface area contributed by atoms with Gasteiger partial charge in [-0.1, -0.05) is 60.2 Å². The fraction of sp³-hybridized carbons (Fsp3) is 0.312. The topological polar surface area (TPSA) is 84.8 Å². The molecule has 2 amide bonds. The fourth-order valence-corrected chi connectivity index (χ4v) is 4.98. The van der Waals surface area contributed by atoms with Crippen LogP contribution in [-0.2, 0) is 27.4 Å². The van der Waals surface area contributed by atoms with Crippen molar-refractivity contribution in [2.75, 3.05) is 51.3 Å². The van der Waals surface area contributed by atoms with E-state index in [1.54, 1.807) is 0 Å². The zero-order valence-corrected chi connectivity index (χ0v) is 22.9. The molecule has 1 saturated heterocycles. The Bertz CT molecular complexity index is 1440. The lowest BCUT2D eigenvalue weighted by Crippen LogP contribution is -2.41. The minimum absolute atomic E-state index is 0.0436. The molecule has 0 aliphatic carbocycles. The minimum Gasteiger partial charge on any atom is -0.379 e. The number of carbonyl (C=O) groups is 2. The van der Waals surface area contributed by atoms with Gasteiger partial charge < -0.3 is 24.7 Å². The van der Waals surface area contributed by atoms with Gasteiger partial charge in [0.1, 0.15) is 12.3 Å². The Morgan fingerprint density at radius 2 is 1.73 bits per heavy atom. The van der Waals surface area contributed by atoms with Crippen molar-refractivity contribution in [3.8, 4) is 0 Å². The van der Waals surface area contributed by atoms with Gasteiger partial charge >= 0.3 is 0 Å². The Labute approximate surface area is 234 Å². The summed E-state index contributed by atoms with van der Waals surface area (Å²) in [5, 5.41) is 6.90. The molecular formula is C32H36N4O4. The maximum Gasteiger partial charge on any atom is 0.267 e. The summed E-state index contributed by atoms with van der Waals surface area (Å²) in [5.74, 6) is -0.340. The highest BCUT2D eigenvalue weighted by atomic mass is 16.5. The van der Waals surface area contributed by atoms with Gasteiger partial charge in [0.2, 0.25) is 5.91 Å². The van der Waals surface area contributed by atoms with E-state index >= 15 is 0 Å². The van der Waals surface area contributed by atoms with Crippen molar-refractivity contribution in [1.29, 1.82) is 0 Å². The van der Waals surface area contributed by atoms with Crippen molar-refractivity contribution < 1.29 is 19.1 Å². The minimum atomic E-state index is -0.226. The molecule has 0 spiro atoms. The summed E-state index contributed by atoms with van der Waals surface area (Å²) in [6.07, 6.45) is 0. The third-order valence-electron chi connectivity index (χ3n) is 7.00. The van der Waals surface area contributed by atoms with Crippen LogP contribution in [0.5, 0.6) is 0 Å². The number of benzene rings is 3. The molecule has 1 aliphatic rings. The second-order valence-corrected chi connectivity index (χ2v) is 10.1. The lowest BCUT2D eigenvalue weighted by atomic mass is 10.1. The Hall–Kier alpha value is -3.98. The first-order valence-corrected chi connectivity index (χ1v) is 13.7. The predicted octanol–water partition coefficient (Wildman–Crippen LogP) is 4.22. The number of ether oxygens (including phenoxy) is 2. The number of amides is 2. The number of nitrogens with one attached hydrogen (secondary N) is 2. The first kappa shape index (κ1) is 27.6. The number of nitrogens with zero attached hydrogens (tertiary/aromatic N) is 2. The number of carbonyl (C=O) groups excluding carboxylic acids is 2. The molecule has 3 aromatic carbocycles. The third kappa shape index (κ3) is 7.35. The van der Waals surface area contributed by atoms with Crippen molar-refractivity contribution in [3.63, 3.8) is 0 Å². The third-order valence-corrected chi connectivity index (χ3v) is 7.00. The summed E-state index contributed by atoms with van der Waals surface area (Å²) < 4.78 is 13.0. The Kier molecular flexibility index (Phi) is 9.23. The van der Waals surface area contributed by atoms with Crippen LogP contribution >= 0.6 is 0 Å². The number of fused-ring (bicyclic) bond motifs is 1. The molecule has 0 atom stereocenters. The quantitative estimate of drug-likeness (QED) is 0.298. The van der Waals surface area contributed by atoms with Crippen LogP contribution in [-0.4, -0.2) is 67.3 Å². The normalized spacial score (nSPS) is 13.8. The van der Waals surface area contributed by atoms with Crippen LogP contribution in [0.2, 0.25) is 0 Å². The van der Waals surface area contributed by atoms with Gasteiger partial charge in [-0.2, -0.15) is 0 Å². The van der Waals surface area contributed by atoms with Crippen molar-refractivity contribution >= 4 is 28.4 Å². The molecular weight excluding hydrogens is 504 g/mol. The van der Waals surface area contributed by atoms with E-state index in [4.69, 9.17) is 9.47 Å². The van der Waals surface area contributed by atoms with E-state index in [2.05, 4.69) is 40.7 Å². The number of morpholine rings is 1. The van der Waals surface area contributed by atoms with Crippen LogP contribution in [0, 0.1) is 6.92 Å². The van der Waals surface area contributed by atoms with Gasteiger partial charge in [-0.3, -0.25) is 14.5 Å². The number of aromatic nitrogens is 1. The summed E-state index contributed by atoms with van der Waals surface area (Å²) in [5.41, 5.74) is 5.49. The van der Waals surface area contributed by atoms with Gasteiger partial charge in [0.05, 0.1) is 19.8 Å². The zero-order valence-electron chi connectivity index (χ0n) is 22.9. The number of aryl methyl sites for hydroxylation is 1. The van der Waals surface area contributed by atoms with E-state index in [0.717, 1.165) is 54.9 Å². The maximum atomic E-state index is 13.4. The highest BCUT2D eigenvalue weighted by molar-refractivity contribution is 6.00. The van der Waals surface area contributed by atoms with E-state index in [-0.39, 0.29) is 18.4 Å². The van der Waals surface area contributed by atoms with E-state index in [1.165, 1.54) is 5.56 Å². The molecule has 1 aliphatic heterocycles. The summed E-state index contributed by atoms with van der Waals surface area (Å²) in [6, 6.07) is 25.7. The lowest BCUT2D eigenvalue weighted by molar-refractivity contribution is -0.121. The van der Waals surface area contributed by atoms with E-state index in [0.29, 0.717) is 31.1 Å². The number of hydrogen-bond acceptors (Lipinski definition) is 5. The second kappa shape index (κ2) is 13.4. The molecule has 5 rings (SSSR count). The van der Waals surface area contributed by atoms with Crippen LogP contribution in [0.15, 0.2) is 78.9 Å². The van der Waals surface area contributed by atoms with Gasteiger partial charge in [-0.05, 0) is 42.3 Å². The Morgan fingerprint density at radius 3 is 2.52 bits per heavy atom. The first-order valence-electron chi connectivity index (χ1n) is 13.7. The molecule has 208 valence electrons. The molecule has 8 nitrogen and oxygen atoms in total. The molecule has 0 radical (unpaired) electrons. The molecule has 0 bridgehead atoms. The molecule has 1 fully saturated rings. The van der Waals surface area contributed by atoms with Crippen molar-refractivity contribution in [2.45, 2.75) is 20.1 Å². The highest BCUT2D eigenvalue weighted by Crippen LogP contribution is 2.25. The van der Waals surface area contributed by atoms with E-state index < -0.39 is 0 Å². The van der Waals surface area contributed by atoms with E-state index in [9.17, 15) is 9.59 Å². The largest absolute Gasteiger partial charge is 0.379 e. The molecule has 4 aromatic rings. The van der Waals surface area contributed by atoms with Crippen molar-refractivity contribution in [3.05, 3.63) is 101 Å². The second-order valence-electron chi connectivity index (χ2n) is 10.1. The molecule has 2 N–H and O–H groups in total. The monoisotopic (exact) mass is 540 g/mol. The number of hydrogen-bond donors (Lipinski definition) is 2. The van der Waals surface area contributed by atoms with Crippen molar-refractivity contribution in [1.82, 2.24) is 14.8 Å². The molecule has 2 heterocycles. The fourth-order valence-electron chi connectivity index (χ4n) is 4.98. The van der Waals surface area contributed by atoms with Gasteiger partial charge in [-0.15, -0.1) is 0 Å². The predicted molar refractivity (Wildman–Crippen MR) is 157 cm³/mol. The van der Waals surface area contributed by atoms with Gasteiger partial charge in [0.25, 0.3) is 5.91 Å². The smallest absolute Gasteiger partial charge is 0.267 e. The van der Waals surface area contributed by atoms with Crippen LogP contribution in [0.25, 0.3) is 10.9 Å².